The van der Waals surface area contributed by atoms with Gasteiger partial charge in [0.1, 0.15) is 5.58 Å². The largest absolute Gasteiger partial charge is 0.493 e. The number of aromatic carboxylic acids is 1. The molecule has 2 aromatic carbocycles. The quantitative estimate of drug-likeness (QED) is 0.689. The van der Waals surface area contributed by atoms with Crippen molar-refractivity contribution in [2.75, 3.05) is 12.8 Å². The summed E-state index contributed by atoms with van der Waals surface area (Å²) < 4.78 is 10.9. The molecule has 0 aliphatic heterocycles. The van der Waals surface area contributed by atoms with E-state index < -0.39 is 5.97 Å². The van der Waals surface area contributed by atoms with Crippen molar-refractivity contribution < 1.29 is 19.1 Å². The van der Waals surface area contributed by atoms with Crippen LogP contribution >= 0.6 is 0 Å². The molecule has 0 aliphatic rings. The number of furan rings is 1. The molecule has 3 N–H and O–H groups in total. The van der Waals surface area contributed by atoms with Crippen LogP contribution in [-0.4, -0.2) is 18.2 Å². The minimum Gasteiger partial charge on any atom is -0.493 e. The number of fused-ring (bicyclic) bond motifs is 3. The molecule has 5 heteroatoms. The second-order valence-electron chi connectivity index (χ2n) is 4.18. The monoisotopic (exact) mass is 257 g/mol. The number of rotatable bonds is 2. The van der Waals surface area contributed by atoms with E-state index in [1.165, 1.54) is 13.2 Å². The van der Waals surface area contributed by atoms with Gasteiger partial charge in [-0.05, 0) is 30.3 Å². The third-order valence-electron chi connectivity index (χ3n) is 3.06. The Bertz CT molecular complexity index is 804. The second-order valence-corrected chi connectivity index (χ2v) is 4.18. The van der Waals surface area contributed by atoms with Crippen LogP contribution < -0.4 is 10.5 Å². The van der Waals surface area contributed by atoms with E-state index in [0.29, 0.717) is 33.4 Å². The fourth-order valence-electron chi connectivity index (χ4n) is 2.21. The maximum atomic E-state index is 11.3. The van der Waals surface area contributed by atoms with E-state index in [9.17, 15) is 9.90 Å². The molecule has 3 aromatic rings. The average Bonchev–Trinajstić information content (AvgIpc) is 2.76. The highest BCUT2D eigenvalue weighted by molar-refractivity contribution is 6.16. The number of carboxylic acids is 1. The normalized spacial score (nSPS) is 11.0. The molecule has 0 amide bonds. The molecule has 0 bridgehead atoms. The van der Waals surface area contributed by atoms with Crippen LogP contribution in [0, 0.1) is 0 Å². The molecule has 0 aliphatic carbocycles. The molecule has 96 valence electrons. The molecule has 0 atom stereocenters. The molecule has 0 spiro atoms. The summed E-state index contributed by atoms with van der Waals surface area (Å²) in [4.78, 5) is 11.3. The topological polar surface area (TPSA) is 85.7 Å². The molecule has 0 fully saturated rings. The van der Waals surface area contributed by atoms with Crippen molar-refractivity contribution in [2.45, 2.75) is 0 Å². The van der Waals surface area contributed by atoms with Crippen molar-refractivity contribution in [3.05, 3.63) is 35.9 Å². The highest BCUT2D eigenvalue weighted by Gasteiger charge is 2.19. The van der Waals surface area contributed by atoms with E-state index in [1.54, 1.807) is 24.3 Å². The van der Waals surface area contributed by atoms with E-state index in [1.807, 2.05) is 0 Å². The van der Waals surface area contributed by atoms with Gasteiger partial charge in [-0.25, -0.2) is 4.79 Å². The lowest BCUT2D eigenvalue weighted by atomic mass is 10.1. The summed E-state index contributed by atoms with van der Waals surface area (Å²) in [7, 11) is 1.51. The van der Waals surface area contributed by atoms with Gasteiger partial charge in [0.2, 0.25) is 0 Å². The van der Waals surface area contributed by atoms with Gasteiger partial charge in [0, 0.05) is 16.5 Å². The summed E-state index contributed by atoms with van der Waals surface area (Å²) in [5.41, 5.74) is 7.47. The predicted molar refractivity (Wildman–Crippen MR) is 71.6 cm³/mol. The Kier molecular flexibility index (Phi) is 2.35. The average molecular weight is 257 g/mol. The Morgan fingerprint density at radius 1 is 1.32 bits per heavy atom. The maximum absolute atomic E-state index is 11.3. The number of carbonyl (C=O) groups is 1. The maximum Gasteiger partial charge on any atom is 0.336 e. The second kappa shape index (κ2) is 3.91. The smallest absolute Gasteiger partial charge is 0.336 e. The van der Waals surface area contributed by atoms with Gasteiger partial charge in [-0.3, -0.25) is 0 Å². The van der Waals surface area contributed by atoms with E-state index in [2.05, 4.69) is 0 Å². The summed E-state index contributed by atoms with van der Waals surface area (Å²) >= 11 is 0. The molecule has 1 aromatic heterocycles. The first-order valence-corrected chi connectivity index (χ1v) is 5.64. The number of anilines is 1. The number of hydrogen-bond acceptors (Lipinski definition) is 4. The third-order valence-corrected chi connectivity index (χ3v) is 3.06. The fourth-order valence-corrected chi connectivity index (χ4v) is 2.21. The molecule has 0 radical (unpaired) electrons. The Balaban J connectivity index is 2.55. The molecule has 3 rings (SSSR count). The van der Waals surface area contributed by atoms with Crippen LogP contribution in [0.25, 0.3) is 21.9 Å². The van der Waals surface area contributed by atoms with E-state index in [-0.39, 0.29) is 5.56 Å². The molecule has 5 nitrogen and oxygen atoms in total. The summed E-state index contributed by atoms with van der Waals surface area (Å²) in [6, 6.07) is 8.21. The Morgan fingerprint density at radius 3 is 2.79 bits per heavy atom. The highest BCUT2D eigenvalue weighted by Crippen LogP contribution is 2.37. The zero-order valence-electron chi connectivity index (χ0n) is 10.1. The van der Waals surface area contributed by atoms with Crippen LogP contribution in [-0.2, 0) is 0 Å². The summed E-state index contributed by atoms with van der Waals surface area (Å²) in [6.45, 7) is 0. The predicted octanol–water partition coefficient (Wildman–Crippen LogP) is 2.88. The number of benzene rings is 2. The molecule has 19 heavy (non-hydrogen) atoms. The molecule has 1 heterocycles. The van der Waals surface area contributed by atoms with Gasteiger partial charge >= 0.3 is 5.97 Å². The van der Waals surface area contributed by atoms with Crippen LogP contribution in [0.1, 0.15) is 10.4 Å². The van der Waals surface area contributed by atoms with E-state index >= 15 is 0 Å². The van der Waals surface area contributed by atoms with Crippen LogP contribution in [0.4, 0.5) is 5.69 Å². The van der Waals surface area contributed by atoms with Crippen LogP contribution in [0.3, 0.4) is 0 Å². The van der Waals surface area contributed by atoms with Crippen LogP contribution in [0.2, 0.25) is 0 Å². The standard InChI is InChI=1S/C14H11NO4/c1-18-11-5-3-8(14(16)17)12-9-6-7(15)2-4-10(9)19-13(11)12/h2-6H,15H2,1H3,(H,16,17). The first kappa shape index (κ1) is 11.4. The number of methoxy groups -OCH3 is 1. The lowest BCUT2D eigenvalue weighted by Crippen LogP contribution is -1.97. The minimum absolute atomic E-state index is 0.167. The van der Waals surface area contributed by atoms with Gasteiger partial charge in [-0.15, -0.1) is 0 Å². The van der Waals surface area contributed by atoms with Crippen molar-refractivity contribution >= 4 is 33.6 Å². The lowest BCUT2D eigenvalue weighted by Gasteiger charge is -2.02. The van der Waals surface area contributed by atoms with Crippen molar-refractivity contribution in [1.82, 2.24) is 0 Å². The Hall–Kier alpha value is -2.69. The number of hydrogen-bond donors (Lipinski definition) is 2. The zero-order valence-corrected chi connectivity index (χ0v) is 10.1. The van der Waals surface area contributed by atoms with Gasteiger partial charge < -0.3 is 20.0 Å². The summed E-state index contributed by atoms with van der Waals surface area (Å²) in [5, 5.41) is 10.5. The molecule has 0 unspecified atom stereocenters. The van der Waals surface area contributed by atoms with Crippen molar-refractivity contribution in [1.29, 1.82) is 0 Å². The lowest BCUT2D eigenvalue weighted by molar-refractivity contribution is 0.0699. The van der Waals surface area contributed by atoms with E-state index in [4.69, 9.17) is 14.9 Å². The Labute approximate surface area is 108 Å². The van der Waals surface area contributed by atoms with Gasteiger partial charge in [-0.1, -0.05) is 0 Å². The number of ether oxygens (including phenoxy) is 1. The minimum atomic E-state index is -1.02. The summed E-state index contributed by atoms with van der Waals surface area (Å²) in [6.07, 6.45) is 0. The van der Waals surface area contributed by atoms with Gasteiger partial charge in [0.15, 0.2) is 11.3 Å². The molecule has 0 saturated heterocycles. The van der Waals surface area contributed by atoms with Gasteiger partial charge in [-0.2, -0.15) is 0 Å². The fraction of sp³-hybridized carbons (Fsp3) is 0.0714. The van der Waals surface area contributed by atoms with Gasteiger partial charge in [0.05, 0.1) is 12.7 Å². The third kappa shape index (κ3) is 1.59. The van der Waals surface area contributed by atoms with Crippen LogP contribution in [0.5, 0.6) is 5.75 Å². The Morgan fingerprint density at radius 2 is 2.11 bits per heavy atom. The number of carboxylic acid groups (broad SMARTS) is 1. The molecule has 0 saturated carbocycles. The first-order valence-electron chi connectivity index (χ1n) is 5.64. The van der Waals surface area contributed by atoms with Crippen molar-refractivity contribution in [3.63, 3.8) is 0 Å². The number of nitrogens with two attached hydrogens (primary N) is 1. The summed E-state index contributed by atoms with van der Waals surface area (Å²) in [5.74, 6) is -0.521. The molecular formula is C14H11NO4. The van der Waals surface area contributed by atoms with Gasteiger partial charge in [0.25, 0.3) is 0 Å². The SMILES string of the molecule is COc1ccc(C(=O)O)c2c1oc1ccc(N)cc12. The van der Waals surface area contributed by atoms with Crippen molar-refractivity contribution in [3.8, 4) is 5.75 Å². The number of nitrogen functional groups attached to an aromatic ring is 1. The molecular weight excluding hydrogens is 246 g/mol. The van der Waals surface area contributed by atoms with Crippen LogP contribution in [0.15, 0.2) is 34.7 Å². The van der Waals surface area contributed by atoms with E-state index in [0.717, 1.165) is 0 Å². The zero-order chi connectivity index (χ0) is 13.6. The highest BCUT2D eigenvalue weighted by atomic mass is 16.5. The van der Waals surface area contributed by atoms with Crippen molar-refractivity contribution in [2.24, 2.45) is 0 Å². The first-order chi connectivity index (χ1) is 9.11.